The number of ether oxygens (including phenoxy) is 1. The summed E-state index contributed by atoms with van der Waals surface area (Å²) in [5, 5.41) is 14.8. The second-order valence-electron chi connectivity index (χ2n) is 9.85. The predicted molar refractivity (Wildman–Crippen MR) is 133 cm³/mol. The Hall–Kier alpha value is -3.46. The first kappa shape index (κ1) is 24.2. The number of aliphatic hydroxyl groups excluding tert-OH is 1. The van der Waals surface area contributed by atoms with E-state index in [4.69, 9.17) is 9.84 Å². The highest BCUT2D eigenvalue weighted by Crippen LogP contribution is 2.38. The molecule has 0 saturated heterocycles. The van der Waals surface area contributed by atoms with Crippen LogP contribution in [-0.4, -0.2) is 52.2 Å². The number of hydrogen-bond acceptors (Lipinski definition) is 5. The number of aromatic amines is 1. The molecule has 2 aromatic heterocycles. The van der Waals surface area contributed by atoms with Crippen molar-refractivity contribution >= 4 is 22.8 Å². The molecule has 0 unspecified atom stereocenters. The average Bonchev–Trinajstić information content (AvgIpc) is 3.63. The lowest BCUT2D eigenvalue weighted by Gasteiger charge is -2.29. The van der Waals surface area contributed by atoms with Gasteiger partial charge in [0.25, 0.3) is 5.91 Å². The fourth-order valence-corrected chi connectivity index (χ4v) is 4.95. The molecule has 0 spiro atoms. The van der Waals surface area contributed by atoms with Gasteiger partial charge in [-0.3, -0.25) is 14.6 Å². The number of nitrogens with zero attached hydrogens (tertiary/aromatic N) is 1. The lowest BCUT2D eigenvalue weighted by atomic mass is 9.91. The third-order valence-corrected chi connectivity index (χ3v) is 7.08. The SMILES string of the molecule is Cc1[nH]c2c(-c3ccc(F)cc3OCC3CC3)ccnc2c1C(=O)N[C@H]1CC[C@@H](NC(=O)CO)CC1. The van der Waals surface area contributed by atoms with Gasteiger partial charge in [-0.25, -0.2) is 4.39 Å². The third-order valence-electron chi connectivity index (χ3n) is 7.08. The zero-order valence-corrected chi connectivity index (χ0v) is 20.3. The number of carbonyl (C=O) groups is 2. The molecular weight excluding hydrogens is 463 g/mol. The van der Waals surface area contributed by atoms with Crippen molar-refractivity contribution in [2.75, 3.05) is 13.2 Å². The smallest absolute Gasteiger partial charge is 0.255 e. The van der Waals surface area contributed by atoms with E-state index in [0.717, 1.165) is 49.7 Å². The molecule has 190 valence electrons. The fraction of sp³-hybridized carbons (Fsp3) is 0.444. The van der Waals surface area contributed by atoms with Gasteiger partial charge < -0.3 is 25.5 Å². The third kappa shape index (κ3) is 5.21. The Balaban J connectivity index is 1.36. The molecule has 0 bridgehead atoms. The zero-order valence-electron chi connectivity index (χ0n) is 20.3. The number of aryl methyl sites for hydroxylation is 1. The Bertz CT molecular complexity index is 1280. The van der Waals surface area contributed by atoms with Crippen molar-refractivity contribution in [3.8, 4) is 16.9 Å². The lowest BCUT2D eigenvalue weighted by molar-refractivity contribution is -0.124. The van der Waals surface area contributed by atoms with Gasteiger partial charge in [0.1, 0.15) is 23.7 Å². The van der Waals surface area contributed by atoms with Gasteiger partial charge in [0.2, 0.25) is 5.91 Å². The second-order valence-corrected chi connectivity index (χ2v) is 9.85. The summed E-state index contributed by atoms with van der Waals surface area (Å²) in [6, 6.07) is 6.38. The molecule has 2 amide bonds. The summed E-state index contributed by atoms with van der Waals surface area (Å²) in [7, 11) is 0. The van der Waals surface area contributed by atoms with Crippen molar-refractivity contribution in [2.45, 2.75) is 57.5 Å². The van der Waals surface area contributed by atoms with E-state index in [0.29, 0.717) is 40.6 Å². The van der Waals surface area contributed by atoms with E-state index in [9.17, 15) is 14.0 Å². The fourth-order valence-electron chi connectivity index (χ4n) is 4.95. The molecule has 36 heavy (non-hydrogen) atoms. The molecule has 2 aliphatic rings. The van der Waals surface area contributed by atoms with Crippen LogP contribution in [0.15, 0.2) is 30.5 Å². The molecule has 2 aliphatic carbocycles. The highest BCUT2D eigenvalue weighted by Gasteiger charge is 2.27. The van der Waals surface area contributed by atoms with Crippen molar-refractivity contribution in [2.24, 2.45) is 5.92 Å². The number of aliphatic hydroxyl groups is 1. The highest BCUT2D eigenvalue weighted by molar-refractivity contribution is 6.09. The van der Waals surface area contributed by atoms with E-state index in [1.807, 2.05) is 13.0 Å². The van der Waals surface area contributed by atoms with Gasteiger partial charge in [-0.15, -0.1) is 0 Å². The molecule has 4 N–H and O–H groups in total. The Morgan fingerprint density at radius 1 is 1.08 bits per heavy atom. The van der Waals surface area contributed by atoms with E-state index in [2.05, 4.69) is 20.6 Å². The van der Waals surface area contributed by atoms with Gasteiger partial charge >= 0.3 is 0 Å². The minimum atomic E-state index is -0.516. The summed E-state index contributed by atoms with van der Waals surface area (Å²) in [5.41, 5.74) is 4.01. The largest absolute Gasteiger partial charge is 0.493 e. The van der Waals surface area contributed by atoms with Crippen LogP contribution in [0.5, 0.6) is 5.75 Å². The Morgan fingerprint density at radius 3 is 2.50 bits per heavy atom. The van der Waals surface area contributed by atoms with Crippen LogP contribution in [0.3, 0.4) is 0 Å². The van der Waals surface area contributed by atoms with Crippen LogP contribution in [0.2, 0.25) is 0 Å². The standard InChI is InChI=1S/C27H31FN4O4/c1-15-24(27(35)32-19-7-5-18(6-8-19)31-23(34)13-33)26-25(30-15)21(10-11-29-26)20-9-4-17(28)12-22(20)36-14-16-2-3-16/h4,9-12,16,18-19,30,33H,2-3,5-8,13-14H2,1H3,(H,31,34)(H,32,35)/t18-,19+. The number of halogens is 1. The first-order valence-corrected chi connectivity index (χ1v) is 12.5. The van der Waals surface area contributed by atoms with Gasteiger partial charge in [0.15, 0.2) is 0 Å². The average molecular weight is 495 g/mol. The molecule has 8 nitrogen and oxygen atoms in total. The van der Waals surface area contributed by atoms with Crippen molar-refractivity contribution < 1.29 is 23.8 Å². The summed E-state index contributed by atoms with van der Waals surface area (Å²) >= 11 is 0. The van der Waals surface area contributed by atoms with Crippen molar-refractivity contribution in [1.29, 1.82) is 0 Å². The maximum absolute atomic E-state index is 14.0. The number of carbonyl (C=O) groups excluding carboxylic acids is 2. The van der Waals surface area contributed by atoms with E-state index in [-0.39, 0.29) is 29.7 Å². The number of benzene rings is 1. The number of rotatable bonds is 8. The summed E-state index contributed by atoms with van der Waals surface area (Å²) in [4.78, 5) is 32.6. The molecule has 1 aromatic carbocycles. The van der Waals surface area contributed by atoms with E-state index >= 15 is 0 Å². The molecule has 2 heterocycles. The number of fused-ring (bicyclic) bond motifs is 1. The predicted octanol–water partition coefficient (Wildman–Crippen LogP) is 3.62. The van der Waals surface area contributed by atoms with Crippen LogP contribution < -0.4 is 15.4 Å². The number of aromatic nitrogens is 2. The van der Waals surface area contributed by atoms with Crippen molar-refractivity contribution in [1.82, 2.24) is 20.6 Å². The summed E-state index contributed by atoms with van der Waals surface area (Å²) in [6.45, 7) is 1.89. The molecular formula is C27H31FN4O4. The Kier molecular flexibility index (Phi) is 6.91. The summed E-state index contributed by atoms with van der Waals surface area (Å²) in [6.07, 6.45) is 6.87. The first-order chi connectivity index (χ1) is 17.4. The highest BCUT2D eigenvalue weighted by atomic mass is 19.1. The van der Waals surface area contributed by atoms with E-state index in [1.165, 1.54) is 12.1 Å². The summed E-state index contributed by atoms with van der Waals surface area (Å²) in [5.74, 6) is 0.0835. The van der Waals surface area contributed by atoms with Crippen molar-refractivity contribution in [3.63, 3.8) is 0 Å². The monoisotopic (exact) mass is 494 g/mol. The van der Waals surface area contributed by atoms with Crippen LogP contribution in [0.4, 0.5) is 4.39 Å². The quantitative estimate of drug-likeness (QED) is 0.382. The maximum Gasteiger partial charge on any atom is 0.255 e. The van der Waals surface area contributed by atoms with E-state index < -0.39 is 6.61 Å². The van der Waals surface area contributed by atoms with Crippen LogP contribution in [-0.2, 0) is 4.79 Å². The van der Waals surface area contributed by atoms with Gasteiger partial charge in [0.05, 0.1) is 17.7 Å². The summed E-state index contributed by atoms with van der Waals surface area (Å²) < 4.78 is 20.0. The first-order valence-electron chi connectivity index (χ1n) is 12.5. The van der Waals surface area contributed by atoms with Crippen LogP contribution in [0.25, 0.3) is 22.2 Å². The number of hydrogen-bond donors (Lipinski definition) is 4. The zero-order chi connectivity index (χ0) is 25.2. The maximum atomic E-state index is 14.0. The molecule has 2 fully saturated rings. The van der Waals surface area contributed by atoms with Crippen LogP contribution in [0.1, 0.15) is 54.6 Å². The minimum absolute atomic E-state index is 0.00756. The Labute approximate surface area is 208 Å². The minimum Gasteiger partial charge on any atom is -0.493 e. The number of pyridine rings is 1. The molecule has 0 radical (unpaired) electrons. The lowest BCUT2D eigenvalue weighted by Crippen LogP contribution is -2.44. The number of nitrogens with one attached hydrogen (secondary N) is 3. The Morgan fingerprint density at radius 2 is 1.81 bits per heavy atom. The van der Waals surface area contributed by atoms with Crippen molar-refractivity contribution in [3.05, 3.63) is 47.5 Å². The van der Waals surface area contributed by atoms with Crippen LogP contribution in [0, 0.1) is 18.7 Å². The van der Waals surface area contributed by atoms with E-state index in [1.54, 1.807) is 12.3 Å². The molecule has 0 atom stereocenters. The van der Waals surface area contributed by atoms with Gasteiger partial charge in [-0.05, 0) is 69.6 Å². The number of H-pyrrole nitrogens is 1. The van der Waals surface area contributed by atoms with Gasteiger partial charge in [-0.1, -0.05) is 0 Å². The molecule has 5 rings (SSSR count). The molecule has 2 saturated carbocycles. The topological polar surface area (TPSA) is 116 Å². The molecule has 3 aromatic rings. The molecule has 9 heteroatoms. The van der Waals surface area contributed by atoms with Crippen LogP contribution >= 0.6 is 0 Å². The second kappa shape index (κ2) is 10.3. The van der Waals surface area contributed by atoms with Gasteiger partial charge in [-0.2, -0.15) is 0 Å². The van der Waals surface area contributed by atoms with Gasteiger partial charge in [0, 0.05) is 41.2 Å². The molecule has 0 aliphatic heterocycles. The number of amides is 2. The normalized spacial score (nSPS) is 19.8.